The Morgan fingerprint density at radius 3 is 2.57 bits per heavy atom. The molecule has 8 nitrogen and oxygen atoms in total. The number of carbonyl (C=O) groups is 5. The molecule has 4 atom stereocenters. The monoisotopic (exact) mass is 561 g/mol. The van der Waals surface area contributed by atoms with Gasteiger partial charge in [0.25, 0.3) is 0 Å². The zero-order valence-electron chi connectivity index (χ0n) is 19.6. The van der Waals surface area contributed by atoms with Gasteiger partial charge >= 0.3 is 6.09 Å². The second-order valence-electron chi connectivity index (χ2n) is 9.60. The molecule has 2 aromatic rings. The van der Waals surface area contributed by atoms with Gasteiger partial charge in [-0.25, -0.2) is 4.79 Å². The molecule has 0 saturated carbocycles. The summed E-state index contributed by atoms with van der Waals surface area (Å²) in [5.74, 6) is -5.18. The Morgan fingerprint density at radius 2 is 1.81 bits per heavy atom. The first-order valence-corrected chi connectivity index (χ1v) is 12.6. The maximum atomic E-state index is 13.4. The van der Waals surface area contributed by atoms with Crippen molar-refractivity contribution < 1.29 is 33.8 Å². The van der Waals surface area contributed by atoms with Crippen molar-refractivity contribution in [2.75, 3.05) is 7.11 Å². The lowest BCUT2D eigenvalue weighted by Crippen LogP contribution is -2.40. The van der Waals surface area contributed by atoms with Crippen molar-refractivity contribution in [2.45, 2.75) is 18.8 Å². The molecule has 0 bridgehead atoms. The van der Waals surface area contributed by atoms with Crippen LogP contribution < -0.4 is 0 Å². The van der Waals surface area contributed by atoms with E-state index in [1.807, 2.05) is 30.3 Å². The summed E-state index contributed by atoms with van der Waals surface area (Å²) in [5.41, 5.74) is 1.67. The molecule has 1 fully saturated rings. The summed E-state index contributed by atoms with van der Waals surface area (Å²) < 4.78 is 4.79. The highest BCUT2D eigenvalue weighted by molar-refractivity contribution is 9.12. The van der Waals surface area contributed by atoms with Crippen LogP contribution in [0.3, 0.4) is 0 Å². The number of carbonyl (C=O) groups excluding carboxylic acids is 5. The first-order valence-electron chi connectivity index (χ1n) is 11.8. The van der Waals surface area contributed by atoms with E-state index in [1.54, 1.807) is 12.1 Å². The smallest absolute Gasteiger partial charge is 0.423 e. The lowest BCUT2D eigenvalue weighted by molar-refractivity contribution is -0.137. The Balaban J connectivity index is 1.60. The highest BCUT2D eigenvalue weighted by Crippen LogP contribution is 2.57. The number of fused-ring (bicyclic) bond motifs is 4. The number of hydrogen-bond acceptors (Lipinski definition) is 7. The molecule has 3 amide bonds. The van der Waals surface area contributed by atoms with Crippen LogP contribution in [-0.4, -0.2) is 46.6 Å². The van der Waals surface area contributed by atoms with Gasteiger partial charge in [-0.05, 0) is 51.5 Å². The number of benzene rings is 2. The summed E-state index contributed by atoms with van der Waals surface area (Å²) >= 11 is 3.19. The van der Waals surface area contributed by atoms with Crippen molar-refractivity contribution in [3.05, 3.63) is 75.3 Å². The molecule has 0 spiro atoms. The summed E-state index contributed by atoms with van der Waals surface area (Å²) in [6.45, 7) is 0. The number of methoxy groups -OCH3 is 1. The van der Waals surface area contributed by atoms with E-state index in [0.717, 1.165) is 12.5 Å². The molecule has 1 heterocycles. The molecule has 1 N–H and O–H groups in total. The maximum Gasteiger partial charge on any atom is 0.423 e. The summed E-state index contributed by atoms with van der Waals surface area (Å²) in [4.78, 5) is 66.0. The third kappa shape index (κ3) is 3.23. The van der Waals surface area contributed by atoms with Gasteiger partial charge in [-0.3, -0.25) is 19.2 Å². The van der Waals surface area contributed by atoms with Gasteiger partial charge in [0.2, 0.25) is 11.8 Å². The number of Topliss-reactive ketones (excluding diaryl/α,β-unsaturated/α-hetero) is 1. The number of amides is 3. The van der Waals surface area contributed by atoms with Crippen LogP contribution in [0.2, 0.25) is 0 Å². The lowest BCUT2D eigenvalue weighted by Gasteiger charge is -2.42. The van der Waals surface area contributed by atoms with Gasteiger partial charge in [0, 0.05) is 28.7 Å². The molecule has 0 aromatic heterocycles. The molecule has 0 radical (unpaired) electrons. The van der Waals surface area contributed by atoms with Crippen LogP contribution in [0.4, 0.5) is 4.79 Å². The average molecular weight is 562 g/mol. The third-order valence-electron chi connectivity index (χ3n) is 7.92. The Bertz CT molecular complexity index is 1570. The van der Waals surface area contributed by atoms with Crippen LogP contribution in [0.1, 0.15) is 24.3 Å². The zero-order valence-corrected chi connectivity index (χ0v) is 21.2. The topological polar surface area (TPSA) is 118 Å². The number of allylic oxidation sites excluding steroid dienone is 6. The minimum atomic E-state index is -1.04. The van der Waals surface area contributed by atoms with E-state index >= 15 is 0 Å². The molecule has 1 saturated heterocycles. The number of aromatic hydroxyl groups is 1. The minimum absolute atomic E-state index is 0.0434. The SMILES string of the molecule is COC(=O)N1C(=O)[C@H]2[C@H](CC=C3[C@H](c4c(O)ccc5ccccc45)C4=C(C[C@H]32)C(=O)C(Br)=CC4=O)C1=O. The van der Waals surface area contributed by atoms with Crippen molar-refractivity contribution in [1.82, 2.24) is 4.90 Å². The largest absolute Gasteiger partial charge is 0.508 e. The highest BCUT2D eigenvalue weighted by Gasteiger charge is 2.58. The van der Waals surface area contributed by atoms with Crippen LogP contribution >= 0.6 is 15.9 Å². The van der Waals surface area contributed by atoms with Gasteiger partial charge in [-0.15, -0.1) is 0 Å². The number of halogens is 1. The summed E-state index contributed by atoms with van der Waals surface area (Å²) in [5, 5.41) is 12.7. The third-order valence-corrected chi connectivity index (χ3v) is 8.51. The van der Waals surface area contributed by atoms with Crippen molar-refractivity contribution in [2.24, 2.45) is 17.8 Å². The number of rotatable bonds is 1. The number of ketones is 2. The van der Waals surface area contributed by atoms with Gasteiger partial charge in [0.05, 0.1) is 23.4 Å². The van der Waals surface area contributed by atoms with Crippen LogP contribution in [-0.2, 0) is 23.9 Å². The minimum Gasteiger partial charge on any atom is -0.508 e. The second kappa shape index (κ2) is 8.34. The Hall–Kier alpha value is -3.85. The van der Waals surface area contributed by atoms with Gasteiger partial charge in [-0.1, -0.05) is 42.0 Å². The van der Waals surface area contributed by atoms with E-state index < -0.39 is 41.6 Å². The van der Waals surface area contributed by atoms with Crippen LogP contribution in [0.15, 0.2) is 69.8 Å². The first kappa shape index (κ1) is 23.5. The molecule has 3 aliphatic carbocycles. The normalized spacial score (nSPS) is 27.0. The van der Waals surface area contributed by atoms with Crippen LogP contribution in [0.25, 0.3) is 10.8 Å². The Labute approximate surface area is 219 Å². The van der Waals surface area contributed by atoms with Gasteiger partial charge in [-0.2, -0.15) is 4.90 Å². The number of likely N-dealkylation sites (tertiary alicyclic amines) is 1. The number of ether oxygens (including phenoxy) is 1. The summed E-state index contributed by atoms with van der Waals surface area (Å²) in [7, 11) is 1.10. The van der Waals surface area contributed by atoms with E-state index in [2.05, 4.69) is 20.7 Å². The van der Waals surface area contributed by atoms with Gasteiger partial charge in [0.15, 0.2) is 11.6 Å². The van der Waals surface area contributed by atoms with Crippen molar-refractivity contribution in [3.63, 3.8) is 0 Å². The molecular weight excluding hydrogens is 542 g/mol. The van der Waals surface area contributed by atoms with Gasteiger partial charge in [0.1, 0.15) is 5.75 Å². The number of hydrogen-bond donors (Lipinski definition) is 1. The van der Waals surface area contributed by atoms with E-state index in [4.69, 9.17) is 0 Å². The Morgan fingerprint density at radius 1 is 1.05 bits per heavy atom. The summed E-state index contributed by atoms with van der Waals surface area (Å²) in [6.07, 6.45) is 2.27. The maximum absolute atomic E-state index is 13.4. The average Bonchev–Trinajstić information content (AvgIpc) is 3.15. The predicted molar refractivity (Wildman–Crippen MR) is 134 cm³/mol. The molecule has 0 unspecified atom stereocenters. The molecular formula is C28H20BrNO7. The molecule has 186 valence electrons. The fourth-order valence-corrected chi connectivity index (χ4v) is 6.84. The first-order chi connectivity index (χ1) is 17.7. The van der Waals surface area contributed by atoms with E-state index in [-0.39, 0.29) is 45.8 Å². The molecule has 1 aliphatic heterocycles. The number of nitrogens with zero attached hydrogens (tertiary/aromatic N) is 1. The highest BCUT2D eigenvalue weighted by atomic mass is 79.9. The molecule has 6 rings (SSSR count). The lowest BCUT2D eigenvalue weighted by atomic mass is 9.59. The van der Waals surface area contributed by atoms with Gasteiger partial charge < -0.3 is 9.84 Å². The van der Waals surface area contributed by atoms with E-state index in [0.29, 0.717) is 21.4 Å². The molecule has 9 heteroatoms. The molecule has 4 aliphatic rings. The second-order valence-corrected chi connectivity index (χ2v) is 10.4. The van der Waals surface area contributed by atoms with E-state index in [1.165, 1.54) is 6.08 Å². The van der Waals surface area contributed by atoms with Crippen molar-refractivity contribution in [3.8, 4) is 5.75 Å². The van der Waals surface area contributed by atoms with Crippen LogP contribution in [0.5, 0.6) is 5.75 Å². The van der Waals surface area contributed by atoms with Crippen molar-refractivity contribution in [1.29, 1.82) is 0 Å². The fourth-order valence-electron chi connectivity index (χ4n) is 6.40. The molecule has 37 heavy (non-hydrogen) atoms. The number of phenolic OH excluding ortho intramolecular Hbond substituents is 1. The predicted octanol–water partition coefficient (Wildman–Crippen LogP) is 4.07. The standard InChI is InChI=1S/C28H20BrNO7/c1-37-28(36)30-26(34)15-8-7-14-16(21(15)27(30)35)10-17-23(20(32)11-18(29)25(17)33)24(14)22-13-5-3-2-4-12(13)6-9-19(22)31/h2-7,9,11,15-16,21,24,31H,8,10H2,1H3/t15-,16+,21-,24+/m0/s1. The van der Waals surface area contributed by atoms with Crippen LogP contribution in [0, 0.1) is 17.8 Å². The summed E-state index contributed by atoms with van der Waals surface area (Å²) in [6, 6.07) is 10.7. The number of imide groups is 3. The van der Waals surface area contributed by atoms with Crippen molar-refractivity contribution >= 4 is 56.2 Å². The molecule has 2 aromatic carbocycles. The Kier molecular flexibility index (Phi) is 5.31. The number of phenols is 1. The fraction of sp³-hybridized carbons (Fsp3) is 0.250. The zero-order chi connectivity index (χ0) is 26.2. The van der Waals surface area contributed by atoms with E-state index in [9.17, 15) is 29.1 Å². The quantitative estimate of drug-likeness (QED) is 0.316.